The summed E-state index contributed by atoms with van der Waals surface area (Å²) in [5, 5.41) is 11.1. The van der Waals surface area contributed by atoms with Crippen LogP contribution in [-0.4, -0.2) is 42.7 Å². The van der Waals surface area contributed by atoms with Crippen molar-refractivity contribution in [1.29, 1.82) is 0 Å². The molecular weight excluding hydrogens is 262 g/mol. The predicted octanol–water partition coefficient (Wildman–Crippen LogP) is -0.602. The van der Waals surface area contributed by atoms with Crippen LogP contribution < -0.4 is 21.3 Å². The molecule has 0 bridgehead atoms. The lowest BCUT2D eigenvalue weighted by Gasteiger charge is -2.22. The first-order valence-corrected chi connectivity index (χ1v) is 6.37. The van der Waals surface area contributed by atoms with Gasteiger partial charge >= 0.3 is 6.09 Å². The summed E-state index contributed by atoms with van der Waals surface area (Å²) in [6.07, 6.45) is 2.25. The maximum absolute atomic E-state index is 12.0. The summed E-state index contributed by atoms with van der Waals surface area (Å²) >= 11 is 0. The average Bonchev–Trinajstić information content (AvgIpc) is 2.47. The Hall–Kier alpha value is -2.09. The fraction of sp³-hybridized carbons (Fsp3) is 0.583. The van der Waals surface area contributed by atoms with Gasteiger partial charge in [0.2, 0.25) is 5.91 Å². The lowest BCUT2D eigenvalue weighted by atomic mass is 10.2. The van der Waals surface area contributed by atoms with Crippen molar-refractivity contribution in [2.45, 2.75) is 38.6 Å². The standard InChI is InChI=1S/C12H19N5O3/c1-12(2,3)20-11(19)17-8-5-14-9-7(16-10(8)18)4-13-6-15-9/h4,6,8-9,14H,5H2,1-3H3,(H,13,15)(H,16,18)(H,17,19)/t8-,9?/m0/s1. The molecule has 2 atom stereocenters. The van der Waals surface area contributed by atoms with Crippen LogP contribution in [0.4, 0.5) is 4.79 Å². The number of alkyl carbamates (subject to hydrolysis) is 1. The molecular formula is C12H19N5O3. The monoisotopic (exact) mass is 281 g/mol. The van der Waals surface area contributed by atoms with Gasteiger partial charge in [-0.25, -0.2) is 4.79 Å². The fourth-order valence-electron chi connectivity index (χ4n) is 1.79. The van der Waals surface area contributed by atoms with Gasteiger partial charge in [-0.15, -0.1) is 0 Å². The van der Waals surface area contributed by atoms with Gasteiger partial charge in [-0.3, -0.25) is 15.1 Å². The summed E-state index contributed by atoms with van der Waals surface area (Å²) in [6, 6.07) is -0.716. The first-order valence-electron chi connectivity index (χ1n) is 6.37. The van der Waals surface area contributed by atoms with Crippen molar-refractivity contribution in [2.24, 2.45) is 4.99 Å². The summed E-state index contributed by atoms with van der Waals surface area (Å²) < 4.78 is 5.13. The van der Waals surface area contributed by atoms with Crippen molar-refractivity contribution < 1.29 is 14.3 Å². The Labute approximate surface area is 117 Å². The topological polar surface area (TPSA) is 104 Å². The maximum atomic E-state index is 12.0. The summed E-state index contributed by atoms with van der Waals surface area (Å²) in [4.78, 5) is 27.9. The van der Waals surface area contributed by atoms with Gasteiger partial charge in [0.1, 0.15) is 17.8 Å². The number of nitrogens with zero attached hydrogens (tertiary/aromatic N) is 1. The molecule has 20 heavy (non-hydrogen) atoms. The van der Waals surface area contributed by atoms with Crippen molar-refractivity contribution in [3.05, 3.63) is 11.9 Å². The van der Waals surface area contributed by atoms with Crippen LogP contribution in [0, 0.1) is 0 Å². The van der Waals surface area contributed by atoms with Crippen LogP contribution in [0.15, 0.2) is 16.9 Å². The highest BCUT2D eigenvalue weighted by atomic mass is 16.6. The Morgan fingerprint density at radius 2 is 2.25 bits per heavy atom. The Kier molecular flexibility index (Phi) is 3.93. The van der Waals surface area contributed by atoms with Gasteiger partial charge in [-0.05, 0) is 20.8 Å². The van der Waals surface area contributed by atoms with Crippen LogP contribution in [0.5, 0.6) is 0 Å². The number of carbonyl (C=O) groups excluding carboxylic acids is 2. The third-order valence-electron chi connectivity index (χ3n) is 2.62. The Morgan fingerprint density at radius 3 is 2.95 bits per heavy atom. The van der Waals surface area contributed by atoms with Crippen LogP contribution in [0.25, 0.3) is 0 Å². The first kappa shape index (κ1) is 14.3. The highest BCUT2D eigenvalue weighted by Gasteiger charge is 2.30. The molecule has 2 aliphatic heterocycles. The van der Waals surface area contributed by atoms with Gasteiger partial charge in [0.25, 0.3) is 0 Å². The Morgan fingerprint density at radius 1 is 1.50 bits per heavy atom. The van der Waals surface area contributed by atoms with E-state index < -0.39 is 17.7 Å². The molecule has 1 saturated heterocycles. The molecule has 8 heteroatoms. The van der Waals surface area contributed by atoms with Crippen molar-refractivity contribution in [2.75, 3.05) is 6.54 Å². The molecule has 2 rings (SSSR count). The highest BCUT2D eigenvalue weighted by molar-refractivity contribution is 5.87. The van der Waals surface area contributed by atoms with E-state index in [2.05, 4.69) is 26.3 Å². The number of amides is 2. The van der Waals surface area contributed by atoms with Crippen LogP contribution in [0.2, 0.25) is 0 Å². The van der Waals surface area contributed by atoms with Gasteiger partial charge < -0.3 is 20.7 Å². The van der Waals surface area contributed by atoms with E-state index in [1.807, 2.05) is 0 Å². The predicted molar refractivity (Wildman–Crippen MR) is 72.8 cm³/mol. The number of aliphatic imine (C=N–C) groups is 1. The van der Waals surface area contributed by atoms with Gasteiger partial charge in [0.05, 0.1) is 12.0 Å². The zero-order valence-electron chi connectivity index (χ0n) is 11.7. The molecule has 8 nitrogen and oxygen atoms in total. The summed E-state index contributed by atoms with van der Waals surface area (Å²) in [5.41, 5.74) is 0.00896. The van der Waals surface area contributed by atoms with Crippen molar-refractivity contribution in [3.63, 3.8) is 0 Å². The number of rotatable bonds is 1. The van der Waals surface area contributed by atoms with E-state index in [4.69, 9.17) is 4.74 Å². The molecule has 2 aliphatic rings. The van der Waals surface area contributed by atoms with E-state index in [-0.39, 0.29) is 18.6 Å². The molecule has 1 fully saturated rings. The Bertz CT molecular complexity index is 466. The minimum Gasteiger partial charge on any atom is -0.444 e. The zero-order chi connectivity index (χ0) is 14.8. The van der Waals surface area contributed by atoms with Crippen molar-refractivity contribution in [1.82, 2.24) is 21.3 Å². The normalized spacial score (nSPS) is 25.6. The number of hydrogen-bond acceptors (Lipinski definition) is 6. The van der Waals surface area contributed by atoms with Gasteiger partial charge in [-0.2, -0.15) is 0 Å². The minimum absolute atomic E-state index is 0.268. The molecule has 0 saturated carbocycles. The van der Waals surface area contributed by atoms with Gasteiger partial charge in [0, 0.05) is 12.7 Å². The van der Waals surface area contributed by atoms with Crippen molar-refractivity contribution >= 4 is 18.3 Å². The lowest BCUT2D eigenvalue weighted by molar-refractivity contribution is -0.122. The van der Waals surface area contributed by atoms with E-state index in [0.29, 0.717) is 5.70 Å². The second kappa shape index (κ2) is 5.49. The van der Waals surface area contributed by atoms with Gasteiger partial charge in [-0.1, -0.05) is 0 Å². The first-order chi connectivity index (χ1) is 9.35. The molecule has 0 radical (unpaired) electrons. The number of fused-ring (bicyclic) bond motifs is 1. The Balaban J connectivity index is 1.97. The molecule has 0 aromatic carbocycles. The molecule has 0 aromatic rings. The van der Waals surface area contributed by atoms with Crippen molar-refractivity contribution in [3.8, 4) is 0 Å². The second-order valence-corrected chi connectivity index (χ2v) is 5.54. The SMILES string of the molecule is CC(C)(C)OC(=O)N[C@H]1CNC2N=CNC=C2NC1=O. The maximum Gasteiger partial charge on any atom is 0.408 e. The molecule has 0 aliphatic carbocycles. The quantitative estimate of drug-likeness (QED) is 0.514. The van der Waals surface area contributed by atoms with Crippen LogP contribution in [0.3, 0.4) is 0 Å². The highest BCUT2D eigenvalue weighted by Crippen LogP contribution is 2.09. The molecule has 1 unspecified atom stereocenters. The largest absolute Gasteiger partial charge is 0.444 e. The number of ether oxygens (including phenoxy) is 1. The average molecular weight is 281 g/mol. The van der Waals surface area contributed by atoms with E-state index in [1.54, 1.807) is 27.0 Å². The fourth-order valence-corrected chi connectivity index (χ4v) is 1.79. The van der Waals surface area contributed by atoms with E-state index >= 15 is 0 Å². The molecule has 110 valence electrons. The second-order valence-electron chi connectivity index (χ2n) is 5.54. The summed E-state index contributed by atoms with van der Waals surface area (Å²) in [5.74, 6) is -0.309. The minimum atomic E-state index is -0.716. The summed E-state index contributed by atoms with van der Waals surface area (Å²) in [7, 11) is 0. The molecule has 2 amide bonds. The molecule has 0 spiro atoms. The number of hydrogen-bond donors (Lipinski definition) is 4. The number of carbonyl (C=O) groups is 2. The van der Waals surface area contributed by atoms with E-state index in [1.165, 1.54) is 6.34 Å². The smallest absolute Gasteiger partial charge is 0.408 e. The molecule has 2 heterocycles. The molecule has 0 aromatic heterocycles. The summed E-state index contributed by atoms with van der Waals surface area (Å²) in [6.45, 7) is 5.55. The lowest BCUT2D eigenvalue weighted by Crippen LogP contribution is -2.50. The van der Waals surface area contributed by atoms with E-state index in [0.717, 1.165) is 0 Å². The van der Waals surface area contributed by atoms with E-state index in [9.17, 15) is 9.59 Å². The van der Waals surface area contributed by atoms with Crippen LogP contribution >= 0.6 is 0 Å². The molecule has 4 N–H and O–H groups in total. The zero-order valence-corrected chi connectivity index (χ0v) is 11.7. The van der Waals surface area contributed by atoms with Crippen LogP contribution in [-0.2, 0) is 9.53 Å². The third-order valence-corrected chi connectivity index (χ3v) is 2.62. The number of nitrogens with one attached hydrogen (secondary N) is 4. The third kappa shape index (κ3) is 3.70. The van der Waals surface area contributed by atoms with Gasteiger partial charge in [0.15, 0.2) is 0 Å². The van der Waals surface area contributed by atoms with Crippen LogP contribution in [0.1, 0.15) is 20.8 Å².